The minimum atomic E-state index is -2.81. The smallest absolute Gasteiger partial charge is 0.262 e. The number of halogens is 2. The molecule has 1 aliphatic heterocycles. The summed E-state index contributed by atoms with van der Waals surface area (Å²) in [5.41, 5.74) is 2.74. The van der Waals surface area contributed by atoms with E-state index in [9.17, 15) is 13.6 Å². The van der Waals surface area contributed by atoms with Gasteiger partial charge in [-0.15, -0.1) is 0 Å². The van der Waals surface area contributed by atoms with Crippen LogP contribution >= 0.6 is 0 Å². The number of carbonyl (C=O) groups is 1. The van der Waals surface area contributed by atoms with Crippen molar-refractivity contribution in [2.24, 2.45) is 0 Å². The largest absolute Gasteiger partial charge is 0.444 e. The van der Waals surface area contributed by atoms with Gasteiger partial charge in [0.2, 0.25) is 11.8 Å². The highest BCUT2D eigenvalue weighted by Gasteiger charge is 2.42. The van der Waals surface area contributed by atoms with E-state index in [2.05, 4.69) is 15.6 Å². The van der Waals surface area contributed by atoms with E-state index in [1.54, 1.807) is 6.26 Å². The first-order chi connectivity index (χ1) is 11.4. The lowest BCUT2D eigenvalue weighted by Crippen LogP contribution is -2.41. The molecule has 5 nitrogen and oxygen atoms in total. The summed E-state index contributed by atoms with van der Waals surface area (Å²) in [6.07, 6.45) is 1.56. The minimum Gasteiger partial charge on any atom is -0.444 e. The maximum atomic E-state index is 13.1. The molecule has 1 unspecified atom stereocenters. The number of hydrogen-bond donors (Lipinski definition) is 2. The molecule has 0 saturated carbocycles. The van der Waals surface area contributed by atoms with Crippen LogP contribution in [0.2, 0.25) is 0 Å². The van der Waals surface area contributed by atoms with E-state index in [1.807, 2.05) is 31.2 Å². The van der Waals surface area contributed by atoms with E-state index in [0.29, 0.717) is 24.6 Å². The monoisotopic (exact) mass is 335 g/mol. The number of benzene rings is 1. The molecule has 1 aliphatic rings. The molecule has 1 aromatic carbocycles. The molecular formula is C17H19F2N3O2. The Bertz CT molecular complexity index is 713. The molecule has 1 saturated heterocycles. The number of amides is 1. The highest BCUT2D eigenvalue weighted by atomic mass is 19.3. The molecule has 2 heterocycles. The average molecular weight is 335 g/mol. The summed E-state index contributed by atoms with van der Waals surface area (Å²) in [5, 5.41) is 5.18. The van der Waals surface area contributed by atoms with Crippen molar-refractivity contribution in [2.45, 2.75) is 31.7 Å². The molecule has 3 rings (SSSR count). The van der Waals surface area contributed by atoms with Crippen molar-refractivity contribution in [1.82, 2.24) is 15.6 Å². The van der Waals surface area contributed by atoms with Gasteiger partial charge in [-0.1, -0.05) is 17.7 Å². The van der Waals surface area contributed by atoms with Crippen molar-refractivity contribution >= 4 is 5.91 Å². The number of nitrogens with zero attached hydrogens (tertiary/aromatic N) is 1. The maximum absolute atomic E-state index is 13.1. The van der Waals surface area contributed by atoms with E-state index in [-0.39, 0.29) is 0 Å². The molecule has 2 N–H and O–H groups in total. The van der Waals surface area contributed by atoms with Crippen molar-refractivity contribution in [3.63, 3.8) is 0 Å². The predicted molar refractivity (Wildman–Crippen MR) is 84.7 cm³/mol. The molecule has 0 aliphatic carbocycles. The fourth-order valence-corrected chi connectivity index (χ4v) is 2.59. The third kappa shape index (κ3) is 3.97. The third-order valence-electron chi connectivity index (χ3n) is 3.96. The molecule has 7 heteroatoms. The van der Waals surface area contributed by atoms with E-state index < -0.39 is 30.8 Å². The second kappa shape index (κ2) is 6.68. The molecule has 0 bridgehead atoms. The van der Waals surface area contributed by atoms with Crippen LogP contribution in [0.5, 0.6) is 0 Å². The summed E-state index contributed by atoms with van der Waals surface area (Å²) in [5.74, 6) is -2.69. The van der Waals surface area contributed by atoms with Crippen LogP contribution in [-0.4, -0.2) is 35.9 Å². The lowest BCUT2D eigenvalue weighted by atomic mass is 10.1. The van der Waals surface area contributed by atoms with Crippen LogP contribution in [0, 0.1) is 6.92 Å². The van der Waals surface area contributed by atoms with Gasteiger partial charge in [-0.2, -0.15) is 0 Å². The lowest BCUT2D eigenvalue weighted by molar-refractivity contribution is -0.123. The topological polar surface area (TPSA) is 67.2 Å². The highest BCUT2D eigenvalue weighted by Crippen LogP contribution is 2.25. The fourth-order valence-electron chi connectivity index (χ4n) is 2.59. The Morgan fingerprint density at radius 1 is 1.42 bits per heavy atom. The van der Waals surface area contributed by atoms with Crippen LogP contribution in [0.15, 0.2) is 34.9 Å². The Hall–Kier alpha value is -2.28. The van der Waals surface area contributed by atoms with Gasteiger partial charge in [0.1, 0.15) is 6.26 Å². The van der Waals surface area contributed by atoms with Crippen LogP contribution < -0.4 is 10.6 Å². The van der Waals surface area contributed by atoms with Gasteiger partial charge < -0.3 is 9.73 Å². The minimum absolute atomic E-state index is 0.322. The van der Waals surface area contributed by atoms with Crippen molar-refractivity contribution in [2.75, 3.05) is 13.1 Å². The number of oxazole rings is 1. The summed E-state index contributed by atoms with van der Waals surface area (Å²) in [6, 6.07) is 6.98. The first-order valence-corrected chi connectivity index (χ1v) is 7.83. The Morgan fingerprint density at radius 3 is 2.83 bits per heavy atom. The predicted octanol–water partition coefficient (Wildman–Crippen LogP) is 2.31. The molecule has 1 amide bonds. The molecule has 1 aromatic heterocycles. The van der Waals surface area contributed by atoms with E-state index in [4.69, 9.17) is 4.42 Å². The van der Waals surface area contributed by atoms with Gasteiger partial charge in [-0.25, -0.2) is 13.8 Å². The second-order valence-corrected chi connectivity index (χ2v) is 6.04. The second-order valence-electron chi connectivity index (χ2n) is 6.04. The summed E-state index contributed by atoms with van der Waals surface area (Å²) >= 11 is 0. The van der Waals surface area contributed by atoms with Crippen molar-refractivity contribution in [3.05, 3.63) is 41.8 Å². The molecule has 0 radical (unpaired) electrons. The number of nitrogens with one attached hydrogen (secondary N) is 2. The zero-order valence-corrected chi connectivity index (χ0v) is 13.3. The Morgan fingerprint density at radius 2 is 2.17 bits per heavy atom. The SMILES string of the molecule is Cc1ccc(-c2nc(CCNC(=O)C3CC(F)(F)CN3)co2)cc1. The maximum Gasteiger partial charge on any atom is 0.262 e. The number of aromatic nitrogens is 1. The van der Waals surface area contributed by atoms with Crippen LogP contribution in [0.25, 0.3) is 11.5 Å². The Balaban J connectivity index is 1.49. The fraction of sp³-hybridized carbons (Fsp3) is 0.412. The highest BCUT2D eigenvalue weighted by molar-refractivity contribution is 5.82. The zero-order valence-electron chi connectivity index (χ0n) is 13.3. The Labute approximate surface area is 138 Å². The van der Waals surface area contributed by atoms with Crippen LogP contribution in [0.4, 0.5) is 8.78 Å². The van der Waals surface area contributed by atoms with Crippen LogP contribution in [0.1, 0.15) is 17.7 Å². The molecular weight excluding hydrogens is 316 g/mol. The van der Waals surface area contributed by atoms with Crippen molar-refractivity contribution < 1.29 is 18.0 Å². The summed E-state index contributed by atoms with van der Waals surface area (Å²) < 4.78 is 31.6. The first kappa shape index (κ1) is 16.6. The number of rotatable bonds is 5. The van der Waals surface area contributed by atoms with Gasteiger partial charge in [0.15, 0.2) is 0 Å². The van der Waals surface area contributed by atoms with Gasteiger partial charge in [0.25, 0.3) is 5.92 Å². The van der Waals surface area contributed by atoms with E-state index in [1.165, 1.54) is 0 Å². The van der Waals surface area contributed by atoms with Crippen molar-refractivity contribution in [1.29, 1.82) is 0 Å². The summed E-state index contributed by atoms with van der Waals surface area (Å²) in [4.78, 5) is 16.2. The average Bonchev–Trinajstić information content (AvgIpc) is 3.14. The zero-order chi connectivity index (χ0) is 17.2. The Kier molecular flexibility index (Phi) is 4.62. The summed E-state index contributed by atoms with van der Waals surface area (Å²) in [6.45, 7) is 1.87. The number of alkyl halides is 2. The van der Waals surface area contributed by atoms with Gasteiger partial charge in [0.05, 0.1) is 18.3 Å². The number of aryl methyl sites for hydroxylation is 1. The van der Waals surface area contributed by atoms with Gasteiger partial charge in [0, 0.05) is 24.9 Å². The standard InChI is InChI=1S/C17H19F2N3O2/c1-11-2-4-12(5-3-11)16-22-13(9-24-16)6-7-20-15(23)14-8-17(18,19)10-21-14/h2-5,9,14,21H,6-8,10H2,1H3,(H,20,23). The lowest BCUT2D eigenvalue weighted by Gasteiger charge is -2.10. The van der Waals surface area contributed by atoms with E-state index in [0.717, 1.165) is 11.1 Å². The molecule has 1 fully saturated rings. The van der Waals surface area contributed by atoms with Crippen LogP contribution in [0.3, 0.4) is 0 Å². The van der Waals surface area contributed by atoms with Gasteiger partial charge in [-0.05, 0) is 19.1 Å². The van der Waals surface area contributed by atoms with Gasteiger partial charge in [-0.3, -0.25) is 10.1 Å². The molecule has 128 valence electrons. The quantitative estimate of drug-likeness (QED) is 0.880. The molecule has 0 spiro atoms. The van der Waals surface area contributed by atoms with Crippen LogP contribution in [-0.2, 0) is 11.2 Å². The van der Waals surface area contributed by atoms with E-state index >= 15 is 0 Å². The molecule has 24 heavy (non-hydrogen) atoms. The molecule has 1 atom stereocenters. The van der Waals surface area contributed by atoms with Crippen molar-refractivity contribution in [3.8, 4) is 11.5 Å². The van der Waals surface area contributed by atoms with Gasteiger partial charge >= 0.3 is 0 Å². The molecule has 2 aromatic rings. The first-order valence-electron chi connectivity index (χ1n) is 7.83. The normalized spacial score (nSPS) is 19.4. The third-order valence-corrected chi connectivity index (χ3v) is 3.96. The summed E-state index contributed by atoms with van der Waals surface area (Å²) in [7, 11) is 0. The number of carbonyl (C=O) groups excluding carboxylic acids is 1. The number of hydrogen-bond acceptors (Lipinski definition) is 4.